The Morgan fingerprint density at radius 2 is 1.88 bits per heavy atom. The van der Waals surface area contributed by atoms with E-state index in [0.29, 0.717) is 48.6 Å². The number of amides is 1. The minimum Gasteiger partial charge on any atom is -0.497 e. The SMILES string of the molecule is COC(=O)C1=C2C(=O)NCCN2C2=C(C(=O)CC(C)(C)C2)[C@@H]1c1ccc(OC)cc1OC. The number of ether oxygens (including phenoxy) is 3. The van der Waals surface area contributed by atoms with Crippen LogP contribution in [-0.2, 0) is 19.1 Å². The van der Waals surface area contributed by atoms with Gasteiger partial charge in [0.2, 0.25) is 0 Å². The molecule has 1 aromatic rings. The molecule has 3 aliphatic rings. The number of fused-ring (bicyclic) bond motifs is 2. The number of piperazine rings is 1. The van der Waals surface area contributed by atoms with E-state index in [2.05, 4.69) is 5.32 Å². The van der Waals surface area contributed by atoms with Gasteiger partial charge < -0.3 is 24.4 Å². The fourth-order valence-corrected chi connectivity index (χ4v) is 4.98. The van der Waals surface area contributed by atoms with E-state index < -0.39 is 11.9 Å². The molecule has 4 rings (SSSR count). The van der Waals surface area contributed by atoms with Crippen molar-refractivity contribution in [3.63, 3.8) is 0 Å². The highest BCUT2D eigenvalue weighted by Crippen LogP contribution is 2.52. The maximum Gasteiger partial charge on any atom is 0.337 e. The second kappa shape index (κ2) is 8.00. The Morgan fingerprint density at radius 1 is 1.12 bits per heavy atom. The van der Waals surface area contributed by atoms with Crippen molar-refractivity contribution in [3.8, 4) is 11.5 Å². The lowest BCUT2D eigenvalue weighted by Gasteiger charge is -2.46. The summed E-state index contributed by atoms with van der Waals surface area (Å²) in [6.45, 7) is 5.00. The van der Waals surface area contributed by atoms with Crippen LogP contribution in [0, 0.1) is 5.41 Å². The van der Waals surface area contributed by atoms with Crippen molar-refractivity contribution in [1.82, 2.24) is 10.2 Å². The number of allylic oxidation sites excluding steroid dienone is 2. The third-order valence-electron chi connectivity index (χ3n) is 6.32. The number of Topliss-reactive ketones (excluding diaryl/α,β-unsaturated/α-hetero) is 1. The fraction of sp³-hybridized carbons (Fsp3) is 0.458. The van der Waals surface area contributed by atoms with Crippen LogP contribution in [0.2, 0.25) is 0 Å². The number of benzene rings is 1. The minimum absolute atomic E-state index is 0.0365. The molecule has 1 aromatic carbocycles. The summed E-state index contributed by atoms with van der Waals surface area (Å²) < 4.78 is 16.0. The number of carbonyl (C=O) groups is 3. The quantitative estimate of drug-likeness (QED) is 0.718. The van der Waals surface area contributed by atoms with Gasteiger partial charge in [0.05, 0.1) is 32.8 Å². The minimum atomic E-state index is -0.781. The first-order valence-electron chi connectivity index (χ1n) is 10.6. The molecule has 1 amide bonds. The normalized spacial score (nSPS) is 22.2. The molecule has 1 atom stereocenters. The Morgan fingerprint density at radius 3 is 2.53 bits per heavy atom. The molecule has 0 bridgehead atoms. The van der Waals surface area contributed by atoms with Gasteiger partial charge in [0.1, 0.15) is 17.2 Å². The van der Waals surface area contributed by atoms with Crippen LogP contribution in [0.25, 0.3) is 0 Å². The summed E-state index contributed by atoms with van der Waals surface area (Å²) >= 11 is 0. The summed E-state index contributed by atoms with van der Waals surface area (Å²) in [5.41, 5.74) is 2.08. The molecule has 0 spiro atoms. The molecule has 2 aliphatic heterocycles. The first-order valence-corrected chi connectivity index (χ1v) is 10.6. The van der Waals surface area contributed by atoms with E-state index >= 15 is 0 Å². The summed E-state index contributed by atoms with van der Waals surface area (Å²) in [6, 6.07) is 5.24. The van der Waals surface area contributed by atoms with Crippen molar-refractivity contribution in [2.75, 3.05) is 34.4 Å². The average Bonchev–Trinajstić information content (AvgIpc) is 2.77. The lowest BCUT2D eigenvalue weighted by Crippen LogP contribution is -2.51. The van der Waals surface area contributed by atoms with Crippen molar-refractivity contribution in [2.24, 2.45) is 5.41 Å². The van der Waals surface area contributed by atoms with E-state index in [4.69, 9.17) is 14.2 Å². The Bertz CT molecular complexity index is 1070. The Labute approximate surface area is 187 Å². The second-order valence-corrected chi connectivity index (χ2v) is 9.00. The van der Waals surface area contributed by atoms with Gasteiger partial charge in [-0.25, -0.2) is 4.79 Å². The van der Waals surface area contributed by atoms with Gasteiger partial charge in [0.15, 0.2) is 5.78 Å². The van der Waals surface area contributed by atoms with Crippen LogP contribution in [0.5, 0.6) is 11.5 Å². The van der Waals surface area contributed by atoms with E-state index in [-0.39, 0.29) is 28.4 Å². The van der Waals surface area contributed by atoms with Crippen molar-refractivity contribution >= 4 is 17.7 Å². The van der Waals surface area contributed by atoms with Crippen molar-refractivity contribution < 1.29 is 28.6 Å². The van der Waals surface area contributed by atoms with Crippen LogP contribution < -0.4 is 14.8 Å². The predicted molar refractivity (Wildman–Crippen MR) is 116 cm³/mol. The van der Waals surface area contributed by atoms with Gasteiger partial charge in [-0.15, -0.1) is 0 Å². The third kappa shape index (κ3) is 3.43. The van der Waals surface area contributed by atoms with Crippen LogP contribution in [0.3, 0.4) is 0 Å². The van der Waals surface area contributed by atoms with E-state index in [1.54, 1.807) is 25.3 Å². The molecule has 32 heavy (non-hydrogen) atoms. The number of hydrogen-bond donors (Lipinski definition) is 1. The number of methoxy groups -OCH3 is 3. The van der Waals surface area contributed by atoms with Crippen molar-refractivity contribution in [3.05, 3.63) is 46.3 Å². The van der Waals surface area contributed by atoms with E-state index in [1.165, 1.54) is 14.2 Å². The number of ketones is 1. The summed E-state index contributed by atoms with van der Waals surface area (Å²) in [4.78, 5) is 41.5. The molecule has 8 heteroatoms. The third-order valence-corrected chi connectivity index (χ3v) is 6.32. The Balaban J connectivity index is 2.04. The smallest absolute Gasteiger partial charge is 0.337 e. The monoisotopic (exact) mass is 440 g/mol. The van der Waals surface area contributed by atoms with Crippen molar-refractivity contribution in [2.45, 2.75) is 32.6 Å². The van der Waals surface area contributed by atoms with E-state index in [0.717, 1.165) is 5.70 Å². The molecular weight excluding hydrogens is 412 g/mol. The first kappa shape index (κ1) is 21.9. The molecule has 2 heterocycles. The van der Waals surface area contributed by atoms with Crippen LogP contribution in [0.1, 0.15) is 38.2 Å². The maximum absolute atomic E-state index is 13.5. The number of carbonyl (C=O) groups excluding carboxylic acids is 3. The van der Waals surface area contributed by atoms with Gasteiger partial charge in [-0.05, 0) is 17.9 Å². The lowest BCUT2D eigenvalue weighted by molar-refractivity contribution is -0.137. The van der Waals surface area contributed by atoms with Crippen LogP contribution in [-0.4, -0.2) is 57.0 Å². The zero-order valence-corrected chi connectivity index (χ0v) is 19.0. The molecule has 0 radical (unpaired) electrons. The molecule has 0 unspecified atom stereocenters. The Hall–Kier alpha value is -3.29. The van der Waals surface area contributed by atoms with Crippen LogP contribution in [0.4, 0.5) is 0 Å². The van der Waals surface area contributed by atoms with E-state index in [1.807, 2.05) is 18.7 Å². The van der Waals surface area contributed by atoms with Gasteiger partial charge >= 0.3 is 5.97 Å². The highest BCUT2D eigenvalue weighted by atomic mass is 16.5. The second-order valence-electron chi connectivity index (χ2n) is 9.00. The molecule has 1 N–H and O–H groups in total. The molecule has 1 aliphatic carbocycles. The highest BCUT2D eigenvalue weighted by Gasteiger charge is 2.49. The standard InChI is InChI=1S/C24H28N2O6/c1-24(2)11-15-19(16(27)12-24)18(14-7-6-13(30-3)10-17(14)31-4)20(23(29)32-5)21-22(28)25-8-9-26(15)21/h6-7,10,18H,8-9,11-12H2,1-5H3,(H,25,28)/t18-/m0/s1. The average molecular weight is 440 g/mol. The maximum atomic E-state index is 13.5. The van der Waals surface area contributed by atoms with E-state index in [9.17, 15) is 14.4 Å². The number of rotatable bonds is 4. The molecule has 1 saturated heterocycles. The molecular formula is C24H28N2O6. The zero-order valence-electron chi connectivity index (χ0n) is 19.0. The zero-order chi connectivity index (χ0) is 23.2. The molecule has 170 valence electrons. The van der Waals surface area contributed by atoms with Gasteiger partial charge in [-0.1, -0.05) is 19.9 Å². The lowest BCUT2D eigenvalue weighted by atomic mass is 9.67. The number of hydrogen-bond acceptors (Lipinski definition) is 7. The molecule has 1 fully saturated rings. The number of esters is 1. The first-order chi connectivity index (χ1) is 15.2. The Kier molecular flexibility index (Phi) is 5.48. The van der Waals surface area contributed by atoms with Gasteiger partial charge in [0, 0.05) is 42.4 Å². The highest BCUT2D eigenvalue weighted by molar-refractivity contribution is 6.09. The number of nitrogens with zero attached hydrogens (tertiary/aromatic N) is 1. The molecule has 0 saturated carbocycles. The van der Waals surface area contributed by atoms with Gasteiger partial charge in [-0.3, -0.25) is 9.59 Å². The summed E-state index contributed by atoms with van der Waals surface area (Å²) in [7, 11) is 4.35. The van der Waals surface area contributed by atoms with Crippen LogP contribution in [0.15, 0.2) is 40.7 Å². The molecule has 0 aromatic heterocycles. The predicted octanol–water partition coefficient (Wildman–Crippen LogP) is 2.30. The van der Waals surface area contributed by atoms with Gasteiger partial charge in [0.25, 0.3) is 5.91 Å². The number of nitrogens with one attached hydrogen (secondary N) is 1. The summed E-state index contributed by atoms with van der Waals surface area (Å²) in [6.07, 6.45) is 0.971. The fourth-order valence-electron chi connectivity index (χ4n) is 4.98. The van der Waals surface area contributed by atoms with Gasteiger partial charge in [-0.2, -0.15) is 0 Å². The topological polar surface area (TPSA) is 94.2 Å². The summed E-state index contributed by atoms with van der Waals surface area (Å²) in [5.74, 6) is -0.769. The largest absolute Gasteiger partial charge is 0.497 e. The summed E-state index contributed by atoms with van der Waals surface area (Å²) in [5, 5.41) is 2.83. The van der Waals surface area contributed by atoms with Crippen molar-refractivity contribution in [1.29, 1.82) is 0 Å². The molecule has 8 nitrogen and oxygen atoms in total. The van der Waals surface area contributed by atoms with Crippen LogP contribution >= 0.6 is 0 Å².